The molecule has 3 rings (SSSR count). The predicted molar refractivity (Wildman–Crippen MR) is 85.9 cm³/mol. The van der Waals surface area contributed by atoms with Gasteiger partial charge in [0.2, 0.25) is 0 Å². The van der Waals surface area contributed by atoms with Crippen molar-refractivity contribution in [2.75, 3.05) is 12.4 Å². The van der Waals surface area contributed by atoms with Gasteiger partial charge in [-0.15, -0.1) is 0 Å². The topological polar surface area (TPSA) is 97.3 Å². The maximum atomic E-state index is 12.4. The summed E-state index contributed by atoms with van der Waals surface area (Å²) in [6, 6.07) is 11.2. The third-order valence-corrected chi connectivity index (χ3v) is 3.46. The zero-order valence-corrected chi connectivity index (χ0v) is 12.2. The molecule has 116 valence electrons. The van der Waals surface area contributed by atoms with Crippen molar-refractivity contribution in [3.8, 4) is 5.75 Å². The number of nitrogens with zero attached hydrogens (tertiary/aromatic N) is 1. The smallest absolute Gasteiger partial charge is 0.271 e. The van der Waals surface area contributed by atoms with Crippen LogP contribution in [0.5, 0.6) is 5.75 Å². The van der Waals surface area contributed by atoms with E-state index in [0.29, 0.717) is 11.3 Å². The van der Waals surface area contributed by atoms with E-state index in [-0.39, 0.29) is 17.3 Å². The average molecular weight is 311 g/mol. The van der Waals surface area contributed by atoms with E-state index in [0.717, 1.165) is 10.9 Å². The van der Waals surface area contributed by atoms with Crippen LogP contribution in [-0.4, -0.2) is 22.9 Å². The Morgan fingerprint density at radius 1 is 1.22 bits per heavy atom. The highest BCUT2D eigenvalue weighted by atomic mass is 16.6. The first kappa shape index (κ1) is 14.6. The van der Waals surface area contributed by atoms with Crippen LogP contribution in [0, 0.1) is 10.1 Å². The van der Waals surface area contributed by atoms with Gasteiger partial charge in [0.25, 0.3) is 11.6 Å². The second-order valence-electron chi connectivity index (χ2n) is 4.88. The number of ether oxygens (including phenoxy) is 1. The van der Waals surface area contributed by atoms with E-state index in [1.807, 2.05) is 12.1 Å². The lowest BCUT2D eigenvalue weighted by Crippen LogP contribution is -2.12. The van der Waals surface area contributed by atoms with Gasteiger partial charge >= 0.3 is 0 Å². The molecule has 2 aromatic carbocycles. The molecule has 1 aromatic heterocycles. The molecule has 0 spiro atoms. The fourth-order valence-electron chi connectivity index (χ4n) is 2.29. The fourth-order valence-corrected chi connectivity index (χ4v) is 2.29. The van der Waals surface area contributed by atoms with Crippen LogP contribution < -0.4 is 10.1 Å². The Labute approximate surface area is 131 Å². The Bertz CT molecular complexity index is 901. The molecule has 23 heavy (non-hydrogen) atoms. The third-order valence-electron chi connectivity index (χ3n) is 3.46. The van der Waals surface area contributed by atoms with E-state index in [9.17, 15) is 14.9 Å². The van der Waals surface area contributed by atoms with Crippen LogP contribution in [-0.2, 0) is 0 Å². The number of hydrogen-bond donors (Lipinski definition) is 2. The van der Waals surface area contributed by atoms with Gasteiger partial charge in [-0.25, -0.2) is 0 Å². The number of H-pyrrole nitrogens is 1. The van der Waals surface area contributed by atoms with E-state index >= 15 is 0 Å². The number of aromatic amines is 1. The molecule has 0 saturated carbocycles. The van der Waals surface area contributed by atoms with Crippen molar-refractivity contribution in [1.82, 2.24) is 4.98 Å². The molecule has 7 nitrogen and oxygen atoms in total. The Kier molecular flexibility index (Phi) is 3.68. The van der Waals surface area contributed by atoms with E-state index in [4.69, 9.17) is 4.74 Å². The quantitative estimate of drug-likeness (QED) is 0.570. The van der Waals surface area contributed by atoms with Gasteiger partial charge in [-0.3, -0.25) is 14.9 Å². The van der Waals surface area contributed by atoms with Crippen molar-refractivity contribution >= 4 is 28.2 Å². The Morgan fingerprint density at radius 3 is 2.78 bits per heavy atom. The molecule has 1 amide bonds. The van der Waals surface area contributed by atoms with Gasteiger partial charge in [-0.05, 0) is 29.7 Å². The number of rotatable bonds is 4. The van der Waals surface area contributed by atoms with Gasteiger partial charge in [0, 0.05) is 29.4 Å². The van der Waals surface area contributed by atoms with E-state index in [2.05, 4.69) is 10.3 Å². The lowest BCUT2D eigenvalue weighted by Gasteiger charge is -2.10. The van der Waals surface area contributed by atoms with Gasteiger partial charge in [0.05, 0.1) is 17.7 Å². The summed E-state index contributed by atoms with van der Waals surface area (Å²) in [6.07, 6.45) is 1.79. The summed E-state index contributed by atoms with van der Waals surface area (Å²) in [5.74, 6) is -0.0230. The van der Waals surface area contributed by atoms with Crippen LogP contribution in [0.4, 0.5) is 11.4 Å². The lowest BCUT2D eigenvalue weighted by molar-refractivity contribution is -0.384. The first-order valence-corrected chi connectivity index (χ1v) is 6.79. The molecule has 0 aliphatic rings. The Hall–Kier alpha value is -3.35. The van der Waals surface area contributed by atoms with Gasteiger partial charge < -0.3 is 15.0 Å². The monoisotopic (exact) mass is 311 g/mol. The number of carbonyl (C=O) groups excluding carboxylic acids is 1. The number of nitro groups is 1. The van der Waals surface area contributed by atoms with Crippen molar-refractivity contribution < 1.29 is 14.5 Å². The molecule has 0 aliphatic carbocycles. The second-order valence-corrected chi connectivity index (χ2v) is 4.88. The fraction of sp³-hybridized carbons (Fsp3) is 0.0625. The standard InChI is InChI=1S/C16H13N3O4/c1-23-15-5-4-12(19(21)22)9-14(15)18-16(20)11-3-2-10-6-7-17-13(10)8-11/h2-9,17H,1H3,(H,18,20). The minimum Gasteiger partial charge on any atom is -0.495 e. The van der Waals surface area contributed by atoms with Gasteiger partial charge in [-0.1, -0.05) is 6.07 Å². The van der Waals surface area contributed by atoms with Crippen LogP contribution >= 0.6 is 0 Å². The molecular weight excluding hydrogens is 298 g/mol. The summed E-state index contributed by atoms with van der Waals surface area (Å²) < 4.78 is 5.13. The SMILES string of the molecule is COc1ccc([N+](=O)[O-])cc1NC(=O)c1ccc2cc[nH]c2c1. The second kappa shape index (κ2) is 5.80. The van der Waals surface area contributed by atoms with Crippen LogP contribution in [0.3, 0.4) is 0 Å². The highest BCUT2D eigenvalue weighted by Gasteiger charge is 2.15. The molecule has 0 fully saturated rings. The minimum absolute atomic E-state index is 0.124. The molecule has 1 heterocycles. The molecule has 0 atom stereocenters. The molecule has 2 N–H and O–H groups in total. The van der Waals surface area contributed by atoms with Crippen molar-refractivity contribution in [3.63, 3.8) is 0 Å². The summed E-state index contributed by atoms with van der Waals surface area (Å²) >= 11 is 0. The number of benzene rings is 2. The van der Waals surface area contributed by atoms with E-state index in [1.165, 1.54) is 25.3 Å². The van der Waals surface area contributed by atoms with Crippen LogP contribution in [0.15, 0.2) is 48.7 Å². The summed E-state index contributed by atoms with van der Waals surface area (Å²) in [4.78, 5) is 25.8. The van der Waals surface area contributed by atoms with E-state index < -0.39 is 4.92 Å². The zero-order valence-electron chi connectivity index (χ0n) is 12.2. The molecule has 0 saturated heterocycles. The first-order valence-electron chi connectivity index (χ1n) is 6.79. The number of amides is 1. The Balaban J connectivity index is 1.92. The molecule has 3 aromatic rings. The summed E-state index contributed by atoms with van der Waals surface area (Å²) in [7, 11) is 1.43. The largest absolute Gasteiger partial charge is 0.495 e. The summed E-state index contributed by atoms with van der Waals surface area (Å²) in [6.45, 7) is 0. The van der Waals surface area contributed by atoms with Crippen molar-refractivity contribution in [1.29, 1.82) is 0 Å². The van der Waals surface area contributed by atoms with Gasteiger partial charge in [-0.2, -0.15) is 0 Å². The molecule has 0 unspecified atom stereocenters. The maximum absolute atomic E-state index is 12.4. The summed E-state index contributed by atoms with van der Waals surface area (Å²) in [5, 5.41) is 14.5. The molecular formula is C16H13N3O4. The van der Waals surface area contributed by atoms with Crippen LogP contribution in [0.2, 0.25) is 0 Å². The van der Waals surface area contributed by atoms with Gasteiger partial charge in [0.15, 0.2) is 0 Å². The number of nitro benzene ring substituents is 1. The number of fused-ring (bicyclic) bond motifs is 1. The van der Waals surface area contributed by atoms with Crippen molar-refractivity contribution in [2.24, 2.45) is 0 Å². The normalized spacial score (nSPS) is 10.5. The number of carbonyl (C=O) groups is 1. The van der Waals surface area contributed by atoms with E-state index in [1.54, 1.807) is 18.3 Å². The maximum Gasteiger partial charge on any atom is 0.271 e. The van der Waals surface area contributed by atoms with Crippen molar-refractivity contribution in [3.05, 3.63) is 64.3 Å². The lowest BCUT2D eigenvalue weighted by atomic mass is 10.1. The number of anilines is 1. The molecule has 7 heteroatoms. The molecule has 0 radical (unpaired) electrons. The van der Waals surface area contributed by atoms with Crippen molar-refractivity contribution in [2.45, 2.75) is 0 Å². The highest BCUT2D eigenvalue weighted by molar-refractivity contribution is 6.07. The highest BCUT2D eigenvalue weighted by Crippen LogP contribution is 2.29. The van der Waals surface area contributed by atoms with Crippen LogP contribution in [0.25, 0.3) is 10.9 Å². The number of methoxy groups -OCH3 is 1. The summed E-state index contributed by atoms with van der Waals surface area (Å²) in [5.41, 5.74) is 1.40. The number of hydrogen-bond acceptors (Lipinski definition) is 4. The zero-order chi connectivity index (χ0) is 16.4. The number of nitrogens with one attached hydrogen (secondary N) is 2. The third kappa shape index (κ3) is 2.84. The number of non-ortho nitro benzene ring substituents is 1. The Morgan fingerprint density at radius 2 is 2.04 bits per heavy atom. The average Bonchev–Trinajstić information content (AvgIpc) is 3.02. The first-order chi connectivity index (χ1) is 11.1. The van der Waals surface area contributed by atoms with Gasteiger partial charge in [0.1, 0.15) is 5.75 Å². The predicted octanol–water partition coefficient (Wildman–Crippen LogP) is 3.34. The molecule has 0 aliphatic heterocycles. The minimum atomic E-state index is -0.528. The van der Waals surface area contributed by atoms with Crippen LogP contribution in [0.1, 0.15) is 10.4 Å². The number of aromatic nitrogens is 1. The molecule has 0 bridgehead atoms.